The van der Waals surface area contributed by atoms with Gasteiger partial charge in [0, 0.05) is 19.7 Å². The van der Waals surface area contributed by atoms with Crippen molar-refractivity contribution >= 4 is 17.3 Å². The Morgan fingerprint density at radius 1 is 1.55 bits per heavy atom. The van der Waals surface area contributed by atoms with Crippen molar-refractivity contribution in [1.82, 2.24) is 5.32 Å². The molecule has 0 bridgehead atoms. The summed E-state index contributed by atoms with van der Waals surface area (Å²) in [5.74, 6) is -0.222. The summed E-state index contributed by atoms with van der Waals surface area (Å²) in [6.07, 6.45) is -0.781. The molecule has 110 valence electrons. The van der Waals surface area contributed by atoms with Gasteiger partial charge >= 0.3 is 0 Å². The van der Waals surface area contributed by atoms with E-state index in [0.717, 1.165) is 0 Å². The van der Waals surface area contributed by atoms with Crippen LogP contribution >= 0.6 is 0 Å². The van der Waals surface area contributed by atoms with Crippen LogP contribution < -0.4 is 10.2 Å². The molecule has 0 radical (unpaired) electrons. The highest BCUT2D eigenvalue weighted by molar-refractivity contribution is 5.82. The summed E-state index contributed by atoms with van der Waals surface area (Å²) in [6, 6.07) is 4.53. The standard InChI is InChI=1S/C13H19N3O4/c1-4-15(8-13(18)14-3)11-6-5-10(9(2)17)7-12(11)16(19)20/h5-7,9,17H,4,8H2,1-3H3,(H,14,18)/t9-/m1/s1. The Labute approximate surface area is 117 Å². The SMILES string of the molecule is CCN(CC(=O)NC)c1ccc([C@@H](C)O)cc1[N+](=O)[O-]. The van der Waals surface area contributed by atoms with Gasteiger partial charge in [0.1, 0.15) is 5.69 Å². The summed E-state index contributed by atoms with van der Waals surface area (Å²) < 4.78 is 0. The number of carbonyl (C=O) groups is 1. The first-order valence-corrected chi connectivity index (χ1v) is 6.32. The van der Waals surface area contributed by atoms with Gasteiger partial charge in [-0.05, 0) is 25.5 Å². The molecule has 1 aromatic rings. The van der Waals surface area contributed by atoms with E-state index < -0.39 is 11.0 Å². The highest BCUT2D eigenvalue weighted by atomic mass is 16.6. The average molecular weight is 281 g/mol. The van der Waals surface area contributed by atoms with E-state index in [0.29, 0.717) is 17.8 Å². The van der Waals surface area contributed by atoms with Gasteiger partial charge < -0.3 is 15.3 Å². The summed E-state index contributed by atoms with van der Waals surface area (Å²) in [7, 11) is 1.52. The zero-order valence-corrected chi connectivity index (χ0v) is 11.8. The predicted octanol–water partition coefficient (Wildman–Crippen LogP) is 1.22. The zero-order valence-electron chi connectivity index (χ0n) is 11.8. The highest BCUT2D eigenvalue weighted by Gasteiger charge is 2.21. The molecule has 7 nitrogen and oxygen atoms in total. The Morgan fingerprint density at radius 3 is 2.65 bits per heavy atom. The van der Waals surface area contributed by atoms with E-state index in [1.54, 1.807) is 24.0 Å². The predicted molar refractivity (Wildman–Crippen MR) is 75.7 cm³/mol. The summed E-state index contributed by atoms with van der Waals surface area (Å²) in [4.78, 5) is 23.7. The molecule has 7 heteroatoms. The Balaban J connectivity index is 3.20. The van der Waals surface area contributed by atoms with E-state index in [1.165, 1.54) is 13.1 Å². The number of aliphatic hydroxyl groups is 1. The van der Waals surface area contributed by atoms with E-state index in [-0.39, 0.29) is 18.1 Å². The molecule has 0 saturated carbocycles. The Morgan fingerprint density at radius 2 is 2.20 bits per heavy atom. The molecular weight excluding hydrogens is 262 g/mol. The molecule has 0 saturated heterocycles. The van der Waals surface area contributed by atoms with Crippen LogP contribution in [0.3, 0.4) is 0 Å². The van der Waals surface area contributed by atoms with Crippen molar-refractivity contribution in [3.05, 3.63) is 33.9 Å². The van der Waals surface area contributed by atoms with Crippen molar-refractivity contribution in [1.29, 1.82) is 0 Å². The molecule has 2 N–H and O–H groups in total. The van der Waals surface area contributed by atoms with Crippen LogP contribution in [0.15, 0.2) is 18.2 Å². The minimum absolute atomic E-state index is 0.0435. The second kappa shape index (κ2) is 6.85. The number of benzene rings is 1. The Hall–Kier alpha value is -2.15. The smallest absolute Gasteiger partial charge is 0.292 e. The summed E-state index contributed by atoms with van der Waals surface area (Å²) in [5, 5.41) is 23.2. The van der Waals surface area contributed by atoms with Crippen molar-refractivity contribution in [3.8, 4) is 0 Å². The largest absolute Gasteiger partial charge is 0.389 e. The number of hydrogen-bond acceptors (Lipinski definition) is 5. The van der Waals surface area contributed by atoms with Crippen LogP contribution in [0, 0.1) is 10.1 Å². The van der Waals surface area contributed by atoms with Crippen LogP contribution in [0.5, 0.6) is 0 Å². The number of nitro benzene ring substituents is 1. The molecule has 1 rings (SSSR count). The van der Waals surface area contributed by atoms with Crippen LogP contribution in [0.25, 0.3) is 0 Å². The van der Waals surface area contributed by atoms with Crippen LogP contribution in [0.2, 0.25) is 0 Å². The van der Waals surface area contributed by atoms with Gasteiger partial charge in [0.25, 0.3) is 5.69 Å². The van der Waals surface area contributed by atoms with E-state index in [9.17, 15) is 20.0 Å². The third kappa shape index (κ3) is 3.67. The number of nitrogens with zero attached hydrogens (tertiary/aromatic N) is 2. The van der Waals surface area contributed by atoms with Crippen molar-refractivity contribution < 1.29 is 14.8 Å². The molecule has 0 aromatic heterocycles. The average Bonchev–Trinajstić information content (AvgIpc) is 2.43. The van der Waals surface area contributed by atoms with E-state index in [1.807, 2.05) is 6.92 Å². The Kier molecular flexibility index (Phi) is 5.45. The highest BCUT2D eigenvalue weighted by Crippen LogP contribution is 2.31. The maximum Gasteiger partial charge on any atom is 0.292 e. The number of carbonyl (C=O) groups excluding carboxylic acids is 1. The van der Waals surface area contributed by atoms with Crippen molar-refractivity contribution in [2.75, 3.05) is 25.0 Å². The van der Waals surface area contributed by atoms with Crippen molar-refractivity contribution in [2.24, 2.45) is 0 Å². The number of rotatable bonds is 6. The monoisotopic (exact) mass is 281 g/mol. The normalized spacial score (nSPS) is 11.8. The second-order valence-corrected chi connectivity index (χ2v) is 4.37. The van der Waals surface area contributed by atoms with Gasteiger partial charge in [-0.3, -0.25) is 14.9 Å². The first-order valence-electron chi connectivity index (χ1n) is 6.32. The second-order valence-electron chi connectivity index (χ2n) is 4.37. The lowest BCUT2D eigenvalue weighted by Gasteiger charge is -2.22. The lowest BCUT2D eigenvalue weighted by atomic mass is 10.1. The molecule has 1 amide bonds. The molecular formula is C13H19N3O4. The summed E-state index contributed by atoms with van der Waals surface area (Å²) in [5.41, 5.74) is 0.719. The van der Waals surface area contributed by atoms with Gasteiger partial charge in [-0.1, -0.05) is 6.07 Å². The fourth-order valence-electron chi connectivity index (χ4n) is 1.83. The van der Waals surface area contributed by atoms with E-state index in [2.05, 4.69) is 5.32 Å². The van der Waals surface area contributed by atoms with Crippen LogP contribution in [0.1, 0.15) is 25.5 Å². The van der Waals surface area contributed by atoms with E-state index >= 15 is 0 Å². The van der Waals surface area contributed by atoms with Gasteiger partial charge in [-0.2, -0.15) is 0 Å². The number of anilines is 1. The third-order valence-corrected chi connectivity index (χ3v) is 3.01. The number of aliphatic hydroxyl groups excluding tert-OH is 1. The van der Waals surface area contributed by atoms with Gasteiger partial charge in [-0.15, -0.1) is 0 Å². The maximum absolute atomic E-state index is 11.4. The van der Waals surface area contributed by atoms with Crippen molar-refractivity contribution in [3.63, 3.8) is 0 Å². The lowest BCUT2D eigenvalue weighted by Crippen LogP contribution is -2.35. The number of hydrogen-bond donors (Lipinski definition) is 2. The minimum Gasteiger partial charge on any atom is -0.389 e. The molecule has 0 aliphatic rings. The topological polar surface area (TPSA) is 95.7 Å². The fraction of sp³-hybridized carbons (Fsp3) is 0.462. The number of nitro groups is 1. The molecule has 20 heavy (non-hydrogen) atoms. The first kappa shape index (κ1) is 15.9. The lowest BCUT2D eigenvalue weighted by molar-refractivity contribution is -0.384. The van der Waals surface area contributed by atoms with Crippen LogP contribution in [0.4, 0.5) is 11.4 Å². The number of likely N-dealkylation sites (N-methyl/N-ethyl adjacent to an activating group) is 2. The fourth-order valence-corrected chi connectivity index (χ4v) is 1.83. The van der Waals surface area contributed by atoms with Crippen LogP contribution in [-0.4, -0.2) is 36.1 Å². The molecule has 0 fully saturated rings. The van der Waals surface area contributed by atoms with E-state index in [4.69, 9.17) is 0 Å². The van der Waals surface area contributed by atoms with Crippen molar-refractivity contribution in [2.45, 2.75) is 20.0 Å². The first-order chi connectivity index (χ1) is 9.40. The maximum atomic E-state index is 11.4. The molecule has 0 spiro atoms. The number of nitrogens with one attached hydrogen (secondary N) is 1. The third-order valence-electron chi connectivity index (χ3n) is 3.01. The Bertz CT molecular complexity index is 502. The minimum atomic E-state index is -0.781. The summed E-state index contributed by atoms with van der Waals surface area (Å²) >= 11 is 0. The summed E-state index contributed by atoms with van der Waals surface area (Å²) in [6.45, 7) is 3.86. The molecule has 0 aliphatic heterocycles. The molecule has 1 atom stereocenters. The molecule has 1 aromatic carbocycles. The van der Waals surface area contributed by atoms with Crippen LogP contribution in [-0.2, 0) is 4.79 Å². The molecule has 0 unspecified atom stereocenters. The molecule has 0 aliphatic carbocycles. The van der Waals surface area contributed by atoms with Gasteiger partial charge in [0.15, 0.2) is 0 Å². The quantitative estimate of drug-likeness (QED) is 0.603. The van der Waals surface area contributed by atoms with Gasteiger partial charge in [0.05, 0.1) is 17.6 Å². The zero-order chi connectivity index (χ0) is 15.3. The number of amides is 1. The molecule has 0 heterocycles. The van der Waals surface area contributed by atoms with Gasteiger partial charge in [0.2, 0.25) is 5.91 Å². The van der Waals surface area contributed by atoms with Gasteiger partial charge in [-0.25, -0.2) is 0 Å².